The van der Waals surface area contributed by atoms with Gasteiger partial charge in [-0.25, -0.2) is 8.42 Å². The van der Waals surface area contributed by atoms with Gasteiger partial charge in [0.05, 0.1) is 24.1 Å². The Hall–Kier alpha value is -3.27. The van der Waals surface area contributed by atoms with Gasteiger partial charge in [-0.3, -0.25) is 13.9 Å². The lowest BCUT2D eigenvalue weighted by molar-refractivity contribution is -0.141. The van der Waals surface area contributed by atoms with Crippen molar-refractivity contribution in [3.05, 3.63) is 94.0 Å². The number of halogens is 2. The predicted octanol–water partition coefficient (Wildman–Crippen LogP) is 5.32. The Bertz CT molecular complexity index is 1440. The highest BCUT2D eigenvalue weighted by molar-refractivity contribution is 7.92. The molecule has 0 aromatic heterocycles. The zero-order valence-corrected chi connectivity index (χ0v) is 25.7. The second-order valence-corrected chi connectivity index (χ2v) is 12.3. The Kier molecular flexibility index (Phi) is 11.9. The average molecular weight is 621 g/mol. The fraction of sp³-hybridized carbons (Fsp3) is 0.333. The summed E-state index contributed by atoms with van der Waals surface area (Å²) in [6, 6.07) is 20.6. The Balaban J connectivity index is 1.90. The van der Waals surface area contributed by atoms with Gasteiger partial charge in [-0.05, 0) is 54.8 Å². The Morgan fingerprint density at radius 1 is 0.976 bits per heavy atom. The first-order chi connectivity index (χ1) is 19.5. The number of benzene rings is 3. The molecule has 3 rings (SSSR count). The van der Waals surface area contributed by atoms with E-state index < -0.39 is 16.1 Å². The molecule has 3 aromatic carbocycles. The summed E-state index contributed by atoms with van der Waals surface area (Å²) >= 11 is 12.4. The highest BCUT2D eigenvalue weighted by Gasteiger charge is 2.30. The first kappa shape index (κ1) is 32.2. The summed E-state index contributed by atoms with van der Waals surface area (Å²) in [5, 5.41) is 3.43. The summed E-state index contributed by atoms with van der Waals surface area (Å²) < 4.78 is 31.8. The SMILES string of the molecule is CCNC(=O)C(Cc1ccccc1)N(Cc1cccc(OC)c1)C(=O)CCCN(c1cc(Cl)ccc1Cl)S(C)(=O)=O. The van der Waals surface area contributed by atoms with Crippen LogP contribution < -0.4 is 14.4 Å². The van der Waals surface area contributed by atoms with Crippen LogP contribution in [0.3, 0.4) is 0 Å². The van der Waals surface area contributed by atoms with Gasteiger partial charge in [0, 0.05) is 37.5 Å². The molecule has 8 nitrogen and oxygen atoms in total. The lowest BCUT2D eigenvalue weighted by atomic mass is 10.0. The third kappa shape index (κ3) is 9.38. The van der Waals surface area contributed by atoms with Crippen molar-refractivity contribution in [3.63, 3.8) is 0 Å². The molecule has 0 radical (unpaired) electrons. The molecule has 2 amide bonds. The molecule has 0 spiro atoms. The molecule has 1 atom stereocenters. The number of carbonyl (C=O) groups excluding carboxylic acids is 2. The Morgan fingerprint density at radius 2 is 1.68 bits per heavy atom. The van der Waals surface area contributed by atoms with E-state index in [0.29, 0.717) is 23.7 Å². The van der Waals surface area contributed by atoms with E-state index in [0.717, 1.165) is 21.7 Å². The van der Waals surface area contributed by atoms with Crippen molar-refractivity contribution in [1.29, 1.82) is 0 Å². The summed E-state index contributed by atoms with van der Waals surface area (Å²) in [4.78, 5) is 28.7. The first-order valence-corrected chi connectivity index (χ1v) is 15.8. The van der Waals surface area contributed by atoms with Crippen LogP contribution in [0.5, 0.6) is 5.75 Å². The molecule has 1 N–H and O–H groups in total. The Labute approximate surface area is 252 Å². The van der Waals surface area contributed by atoms with Gasteiger partial charge >= 0.3 is 0 Å². The van der Waals surface area contributed by atoms with E-state index in [2.05, 4.69) is 5.32 Å². The van der Waals surface area contributed by atoms with Crippen LogP contribution >= 0.6 is 23.2 Å². The second kappa shape index (κ2) is 15.1. The molecule has 0 heterocycles. The van der Waals surface area contributed by atoms with E-state index in [9.17, 15) is 18.0 Å². The van der Waals surface area contributed by atoms with Gasteiger partial charge in [-0.15, -0.1) is 0 Å². The number of carbonyl (C=O) groups is 2. The molecule has 1 unspecified atom stereocenters. The number of nitrogens with zero attached hydrogens (tertiary/aromatic N) is 2. The number of likely N-dealkylation sites (N-methyl/N-ethyl adjacent to an activating group) is 1. The van der Waals surface area contributed by atoms with E-state index in [1.807, 2.05) is 61.5 Å². The predicted molar refractivity (Wildman–Crippen MR) is 164 cm³/mol. The Morgan fingerprint density at radius 3 is 2.34 bits per heavy atom. The highest BCUT2D eigenvalue weighted by Crippen LogP contribution is 2.31. The van der Waals surface area contributed by atoms with Gasteiger partial charge in [0.15, 0.2) is 0 Å². The summed E-state index contributed by atoms with van der Waals surface area (Å²) in [5.74, 6) is 0.0800. The minimum absolute atomic E-state index is 0.00112. The van der Waals surface area contributed by atoms with Gasteiger partial charge < -0.3 is 15.0 Å². The van der Waals surface area contributed by atoms with Crippen molar-refractivity contribution in [1.82, 2.24) is 10.2 Å². The van der Waals surface area contributed by atoms with Gasteiger partial charge in [-0.1, -0.05) is 65.7 Å². The summed E-state index contributed by atoms with van der Waals surface area (Å²) in [5.41, 5.74) is 1.95. The highest BCUT2D eigenvalue weighted by atomic mass is 35.5. The van der Waals surface area contributed by atoms with E-state index in [-0.39, 0.29) is 48.5 Å². The maximum Gasteiger partial charge on any atom is 0.243 e. The van der Waals surface area contributed by atoms with Crippen LogP contribution in [0, 0.1) is 0 Å². The van der Waals surface area contributed by atoms with Crippen molar-refractivity contribution in [2.45, 2.75) is 38.8 Å². The fourth-order valence-corrected chi connectivity index (χ4v) is 5.88. The number of sulfonamides is 1. The second-order valence-electron chi connectivity index (χ2n) is 9.51. The van der Waals surface area contributed by atoms with Crippen LogP contribution in [0.2, 0.25) is 10.0 Å². The van der Waals surface area contributed by atoms with Crippen LogP contribution in [-0.4, -0.2) is 57.6 Å². The normalized spacial score (nSPS) is 11.9. The molecule has 3 aromatic rings. The van der Waals surface area contributed by atoms with Gasteiger partial charge in [0.25, 0.3) is 0 Å². The molecular weight excluding hydrogens is 585 g/mol. The van der Waals surface area contributed by atoms with Crippen molar-refractivity contribution in [2.24, 2.45) is 0 Å². The summed E-state index contributed by atoms with van der Waals surface area (Å²) in [7, 11) is -2.16. The quantitative estimate of drug-likeness (QED) is 0.263. The van der Waals surface area contributed by atoms with E-state index in [1.54, 1.807) is 18.1 Å². The molecule has 0 saturated carbocycles. The molecule has 11 heteroatoms. The minimum atomic E-state index is -3.72. The smallest absolute Gasteiger partial charge is 0.243 e. The third-order valence-electron chi connectivity index (χ3n) is 6.44. The average Bonchev–Trinajstić information content (AvgIpc) is 2.94. The van der Waals surface area contributed by atoms with E-state index in [1.165, 1.54) is 12.1 Å². The zero-order chi connectivity index (χ0) is 30.0. The van der Waals surface area contributed by atoms with E-state index in [4.69, 9.17) is 27.9 Å². The first-order valence-electron chi connectivity index (χ1n) is 13.2. The van der Waals surface area contributed by atoms with Crippen LogP contribution in [0.15, 0.2) is 72.8 Å². The molecule has 41 heavy (non-hydrogen) atoms. The molecule has 0 saturated heterocycles. The lowest BCUT2D eigenvalue weighted by Gasteiger charge is -2.32. The molecule has 0 aliphatic carbocycles. The number of hydrogen-bond donors (Lipinski definition) is 1. The van der Waals surface area contributed by atoms with Gasteiger partial charge in [0.2, 0.25) is 21.8 Å². The summed E-state index contributed by atoms with van der Waals surface area (Å²) in [6.45, 7) is 2.41. The number of nitrogens with one attached hydrogen (secondary N) is 1. The van der Waals surface area contributed by atoms with Crippen molar-refractivity contribution in [3.8, 4) is 5.75 Å². The molecule has 0 bridgehead atoms. The number of amides is 2. The molecule has 0 aliphatic heterocycles. The molecule has 0 fully saturated rings. The minimum Gasteiger partial charge on any atom is -0.497 e. The van der Waals surface area contributed by atoms with Crippen molar-refractivity contribution in [2.75, 3.05) is 30.8 Å². The zero-order valence-electron chi connectivity index (χ0n) is 23.3. The van der Waals surface area contributed by atoms with Gasteiger partial charge in [0.1, 0.15) is 11.8 Å². The maximum atomic E-state index is 13.8. The van der Waals surface area contributed by atoms with Crippen molar-refractivity contribution >= 4 is 50.7 Å². The van der Waals surface area contributed by atoms with Gasteiger partial charge in [-0.2, -0.15) is 0 Å². The molecule has 0 aliphatic rings. The molecular formula is C30H35Cl2N3O5S. The fourth-order valence-electron chi connectivity index (χ4n) is 4.47. The standard InChI is InChI=1S/C30H35Cl2N3O5S/c1-4-33-30(37)28(19-22-10-6-5-7-11-22)34(21-23-12-8-13-25(18-23)40-2)29(36)14-9-17-35(41(3,38)39)27-20-24(31)15-16-26(27)32/h5-8,10-13,15-16,18,20,28H,4,9,14,17,19,21H2,1-3H3,(H,33,37). The maximum absolute atomic E-state index is 13.8. The third-order valence-corrected chi connectivity index (χ3v) is 8.17. The largest absolute Gasteiger partial charge is 0.497 e. The topological polar surface area (TPSA) is 96.0 Å². The number of methoxy groups -OCH3 is 1. The number of anilines is 1. The van der Waals surface area contributed by atoms with Crippen LogP contribution in [0.4, 0.5) is 5.69 Å². The van der Waals surface area contributed by atoms with Crippen LogP contribution in [0.25, 0.3) is 0 Å². The summed E-state index contributed by atoms with van der Waals surface area (Å²) in [6.07, 6.45) is 1.58. The molecule has 220 valence electrons. The number of hydrogen-bond acceptors (Lipinski definition) is 5. The number of ether oxygens (including phenoxy) is 1. The van der Waals surface area contributed by atoms with Crippen LogP contribution in [-0.2, 0) is 32.6 Å². The number of rotatable bonds is 14. The van der Waals surface area contributed by atoms with E-state index >= 15 is 0 Å². The van der Waals surface area contributed by atoms with Crippen LogP contribution in [0.1, 0.15) is 30.9 Å². The lowest BCUT2D eigenvalue weighted by Crippen LogP contribution is -2.50. The monoisotopic (exact) mass is 619 g/mol. The van der Waals surface area contributed by atoms with Crippen molar-refractivity contribution < 1.29 is 22.7 Å².